The molecule has 0 N–H and O–H groups in total. The lowest BCUT2D eigenvalue weighted by molar-refractivity contribution is -0.113. The van der Waals surface area contributed by atoms with Crippen LogP contribution in [-0.2, 0) is 11.3 Å². The van der Waals surface area contributed by atoms with Gasteiger partial charge in [-0.2, -0.15) is 0 Å². The summed E-state index contributed by atoms with van der Waals surface area (Å²) < 4.78 is 27.0. The van der Waals surface area contributed by atoms with Crippen LogP contribution in [0.5, 0.6) is 0 Å². The van der Waals surface area contributed by atoms with Gasteiger partial charge in [-0.3, -0.25) is 4.90 Å². The summed E-state index contributed by atoms with van der Waals surface area (Å²) >= 11 is 0. The molecule has 1 fully saturated rings. The van der Waals surface area contributed by atoms with E-state index in [1.807, 2.05) is 4.90 Å². The first-order chi connectivity index (χ1) is 8.22. The molecule has 1 saturated heterocycles. The monoisotopic (exact) mass is 239 g/mol. The molecular formula is C13H15F2NO. The molecule has 0 spiro atoms. The fraction of sp³-hybridized carbons (Fsp3) is 0.462. The molecule has 2 rings (SSSR count). The second-order valence-corrected chi connectivity index (χ2v) is 4.37. The van der Waals surface area contributed by atoms with Gasteiger partial charge in [0.25, 0.3) is 0 Å². The van der Waals surface area contributed by atoms with E-state index in [0.29, 0.717) is 0 Å². The number of piperidine rings is 1. The second-order valence-electron chi connectivity index (χ2n) is 4.37. The van der Waals surface area contributed by atoms with Crippen LogP contribution in [0.4, 0.5) is 8.78 Å². The van der Waals surface area contributed by atoms with Gasteiger partial charge < -0.3 is 4.79 Å². The summed E-state index contributed by atoms with van der Waals surface area (Å²) in [5, 5.41) is 0. The number of hydrogen-bond acceptors (Lipinski definition) is 2. The van der Waals surface area contributed by atoms with Gasteiger partial charge in [-0.1, -0.05) is 12.5 Å². The van der Waals surface area contributed by atoms with Crippen molar-refractivity contribution in [3.63, 3.8) is 0 Å². The van der Waals surface area contributed by atoms with Crippen molar-refractivity contribution in [2.45, 2.75) is 31.8 Å². The smallest absolute Gasteiger partial charge is 0.137 e. The topological polar surface area (TPSA) is 20.3 Å². The predicted molar refractivity (Wildman–Crippen MR) is 60.5 cm³/mol. The molecule has 1 aromatic carbocycles. The van der Waals surface area contributed by atoms with Gasteiger partial charge in [0.1, 0.15) is 17.9 Å². The molecule has 1 unspecified atom stereocenters. The quantitative estimate of drug-likeness (QED) is 0.755. The summed E-state index contributed by atoms with van der Waals surface area (Å²) in [7, 11) is 0. The average Bonchev–Trinajstić information content (AvgIpc) is 2.34. The molecule has 4 heteroatoms. The van der Waals surface area contributed by atoms with Crippen molar-refractivity contribution in [3.8, 4) is 0 Å². The number of likely N-dealkylation sites (tertiary alicyclic amines) is 1. The minimum absolute atomic E-state index is 0.0567. The summed E-state index contributed by atoms with van der Waals surface area (Å²) in [6, 6.07) is 3.64. The molecule has 1 atom stereocenters. The van der Waals surface area contributed by atoms with E-state index in [0.717, 1.165) is 32.1 Å². The van der Waals surface area contributed by atoms with Gasteiger partial charge in [-0.15, -0.1) is 0 Å². The molecule has 92 valence electrons. The third-order valence-electron chi connectivity index (χ3n) is 3.24. The minimum atomic E-state index is -0.541. The van der Waals surface area contributed by atoms with Crippen LogP contribution in [0.3, 0.4) is 0 Å². The molecule has 1 aliphatic rings. The lowest BCUT2D eigenvalue weighted by Crippen LogP contribution is -2.40. The third-order valence-corrected chi connectivity index (χ3v) is 3.24. The van der Waals surface area contributed by atoms with Gasteiger partial charge in [0.05, 0.1) is 6.04 Å². The third kappa shape index (κ3) is 2.69. The molecular weight excluding hydrogens is 224 g/mol. The Morgan fingerprint density at radius 2 is 2.00 bits per heavy atom. The number of aldehydes is 1. The van der Waals surface area contributed by atoms with Crippen molar-refractivity contribution in [1.29, 1.82) is 0 Å². The van der Waals surface area contributed by atoms with Crippen LogP contribution in [0.15, 0.2) is 18.2 Å². The Hall–Kier alpha value is -1.29. The molecule has 1 heterocycles. The van der Waals surface area contributed by atoms with E-state index in [4.69, 9.17) is 0 Å². The largest absolute Gasteiger partial charge is 0.302 e. The molecule has 1 aliphatic heterocycles. The lowest BCUT2D eigenvalue weighted by atomic mass is 10.0. The first kappa shape index (κ1) is 12.2. The van der Waals surface area contributed by atoms with E-state index in [1.165, 1.54) is 18.2 Å². The normalized spacial score (nSPS) is 21.4. The van der Waals surface area contributed by atoms with E-state index in [-0.39, 0.29) is 18.2 Å². The van der Waals surface area contributed by atoms with Crippen molar-refractivity contribution in [2.24, 2.45) is 0 Å². The molecule has 0 saturated carbocycles. The molecule has 0 amide bonds. The summed E-state index contributed by atoms with van der Waals surface area (Å²) in [5.41, 5.74) is 0.0567. The maximum absolute atomic E-state index is 13.5. The van der Waals surface area contributed by atoms with Crippen LogP contribution in [0.2, 0.25) is 0 Å². The zero-order chi connectivity index (χ0) is 12.3. The van der Waals surface area contributed by atoms with Gasteiger partial charge in [-0.05, 0) is 31.5 Å². The maximum Gasteiger partial charge on any atom is 0.137 e. The Labute approximate surface area is 99.2 Å². The molecule has 0 aromatic heterocycles. The number of rotatable bonds is 3. The highest BCUT2D eigenvalue weighted by atomic mass is 19.1. The highest BCUT2D eigenvalue weighted by Gasteiger charge is 2.23. The summed E-state index contributed by atoms with van der Waals surface area (Å²) in [6.45, 7) is 0.888. The molecule has 0 bridgehead atoms. The first-order valence-corrected chi connectivity index (χ1v) is 5.84. The Morgan fingerprint density at radius 1 is 1.29 bits per heavy atom. The van der Waals surface area contributed by atoms with E-state index in [1.54, 1.807) is 0 Å². The summed E-state index contributed by atoms with van der Waals surface area (Å²) in [4.78, 5) is 12.7. The standard InChI is InChI=1S/C13H15F2NO/c14-12-5-3-6-13(15)11(12)8-16-7-2-1-4-10(16)9-17/h3,5-6,9-10H,1-2,4,7-8H2. The first-order valence-electron chi connectivity index (χ1n) is 5.84. The van der Waals surface area contributed by atoms with Gasteiger partial charge in [0, 0.05) is 12.1 Å². The minimum Gasteiger partial charge on any atom is -0.302 e. The van der Waals surface area contributed by atoms with Crippen molar-refractivity contribution in [3.05, 3.63) is 35.4 Å². The van der Waals surface area contributed by atoms with Crippen molar-refractivity contribution in [1.82, 2.24) is 4.90 Å². The van der Waals surface area contributed by atoms with Crippen molar-refractivity contribution < 1.29 is 13.6 Å². The van der Waals surface area contributed by atoms with E-state index in [9.17, 15) is 13.6 Å². The van der Waals surface area contributed by atoms with E-state index < -0.39 is 11.6 Å². The Balaban J connectivity index is 2.16. The van der Waals surface area contributed by atoms with Crippen LogP contribution in [0.1, 0.15) is 24.8 Å². The Kier molecular flexibility index (Phi) is 3.84. The number of nitrogens with zero attached hydrogens (tertiary/aromatic N) is 1. The molecule has 2 nitrogen and oxygen atoms in total. The van der Waals surface area contributed by atoms with Crippen LogP contribution < -0.4 is 0 Å². The van der Waals surface area contributed by atoms with Crippen LogP contribution in [0.25, 0.3) is 0 Å². The van der Waals surface area contributed by atoms with Crippen LogP contribution in [0, 0.1) is 11.6 Å². The SMILES string of the molecule is O=CC1CCCCN1Cc1c(F)cccc1F. The number of carbonyl (C=O) groups excluding carboxylic acids is 1. The molecule has 1 aromatic rings. The second kappa shape index (κ2) is 5.36. The van der Waals surface area contributed by atoms with Crippen LogP contribution in [-0.4, -0.2) is 23.8 Å². The fourth-order valence-corrected chi connectivity index (χ4v) is 2.25. The molecule has 0 aliphatic carbocycles. The Bertz CT molecular complexity index is 388. The number of benzene rings is 1. The highest BCUT2D eigenvalue weighted by Crippen LogP contribution is 2.21. The number of hydrogen-bond donors (Lipinski definition) is 0. The molecule has 17 heavy (non-hydrogen) atoms. The number of carbonyl (C=O) groups is 1. The van der Waals surface area contributed by atoms with Crippen molar-refractivity contribution in [2.75, 3.05) is 6.54 Å². The van der Waals surface area contributed by atoms with E-state index >= 15 is 0 Å². The molecule has 0 radical (unpaired) electrons. The zero-order valence-electron chi connectivity index (χ0n) is 9.53. The predicted octanol–water partition coefficient (Wildman–Crippen LogP) is 2.52. The number of halogens is 2. The van der Waals surface area contributed by atoms with Gasteiger partial charge in [0.2, 0.25) is 0 Å². The Morgan fingerprint density at radius 3 is 2.65 bits per heavy atom. The van der Waals surface area contributed by atoms with Crippen LogP contribution >= 0.6 is 0 Å². The highest BCUT2D eigenvalue weighted by molar-refractivity contribution is 5.57. The van der Waals surface area contributed by atoms with Crippen molar-refractivity contribution >= 4 is 6.29 Å². The van der Waals surface area contributed by atoms with Gasteiger partial charge in [-0.25, -0.2) is 8.78 Å². The summed E-state index contributed by atoms with van der Waals surface area (Å²) in [6.07, 6.45) is 3.62. The van der Waals surface area contributed by atoms with Gasteiger partial charge >= 0.3 is 0 Å². The maximum atomic E-state index is 13.5. The van der Waals surface area contributed by atoms with Gasteiger partial charge in [0.15, 0.2) is 0 Å². The van der Waals surface area contributed by atoms with E-state index in [2.05, 4.69) is 0 Å². The zero-order valence-corrected chi connectivity index (χ0v) is 9.53. The lowest BCUT2D eigenvalue weighted by Gasteiger charge is -2.32. The average molecular weight is 239 g/mol. The fourth-order valence-electron chi connectivity index (χ4n) is 2.25. The summed E-state index contributed by atoms with van der Waals surface area (Å²) in [5.74, 6) is -1.08.